The lowest BCUT2D eigenvalue weighted by Crippen LogP contribution is -1.86. The number of rotatable bonds is 2. The second-order valence-corrected chi connectivity index (χ2v) is 4.91. The molecule has 0 atom stereocenters. The van der Waals surface area contributed by atoms with Crippen molar-refractivity contribution in [1.29, 1.82) is 0 Å². The molecule has 2 aromatic rings. The molecule has 2 aromatic carbocycles. The highest BCUT2D eigenvalue weighted by molar-refractivity contribution is 5.80. The summed E-state index contributed by atoms with van der Waals surface area (Å²) in [6.07, 6.45) is 0.918. The summed E-state index contributed by atoms with van der Waals surface area (Å²) in [6, 6.07) is 26.1. The monoisotopic (exact) mass is 260 g/mol. The lowest BCUT2D eigenvalue weighted by Gasteiger charge is -2.01. The molecule has 0 aromatic heterocycles. The number of aromatic hydroxyl groups is 1. The SMILES string of the molecule is Oc1ccc(Cc2ccccc2)cc1.c1cc2cc-2c1. The Bertz CT molecular complexity index is 667. The first kappa shape index (κ1) is 12.5. The van der Waals surface area contributed by atoms with Crippen molar-refractivity contribution in [3.05, 3.63) is 90.0 Å². The van der Waals surface area contributed by atoms with Gasteiger partial charge in [0.25, 0.3) is 0 Å². The Morgan fingerprint density at radius 2 is 1.20 bits per heavy atom. The number of hydrogen-bond donors (Lipinski definition) is 1. The molecule has 0 amide bonds. The Morgan fingerprint density at radius 1 is 0.600 bits per heavy atom. The van der Waals surface area contributed by atoms with Crippen molar-refractivity contribution in [3.8, 4) is 16.9 Å². The summed E-state index contributed by atoms with van der Waals surface area (Å²) in [5, 5.41) is 9.12. The van der Waals surface area contributed by atoms with Gasteiger partial charge in [-0.3, -0.25) is 0 Å². The normalized spacial score (nSPS) is 10.4. The summed E-state index contributed by atoms with van der Waals surface area (Å²) in [5.74, 6) is 0.321. The van der Waals surface area contributed by atoms with Crippen LogP contribution in [0.4, 0.5) is 0 Å². The molecule has 0 aliphatic heterocycles. The van der Waals surface area contributed by atoms with Crippen molar-refractivity contribution in [2.45, 2.75) is 6.42 Å². The van der Waals surface area contributed by atoms with Gasteiger partial charge in [0.1, 0.15) is 5.75 Å². The average molecular weight is 260 g/mol. The van der Waals surface area contributed by atoms with E-state index in [9.17, 15) is 0 Å². The molecule has 0 fully saturated rings. The molecule has 1 nitrogen and oxygen atoms in total. The van der Waals surface area contributed by atoms with E-state index in [1.165, 1.54) is 22.3 Å². The van der Waals surface area contributed by atoms with E-state index in [1.54, 1.807) is 12.1 Å². The molecule has 0 bridgehead atoms. The Balaban J connectivity index is 0.000000165. The third-order valence-corrected chi connectivity index (χ3v) is 3.30. The van der Waals surface area contributed by atoms with E-state index in [2.05, 4.69) is 36.4 Å². The van der Waals surface area contributed by atoms with Crippen LogP contribution in [0.3, 0.4) is 0 Å². The highest BCUT2D eigenvalue weighted by Crippen LogP contribution is 2.32. The molecule has 2 aliphatic carbocycles. The third-order valence-electron chi connectivity index (χ3n) is 3.30. The van der Waals surface area contributed by atoms with E-state index in [4.69, 9.17) is 5.11 Å². The van der Waals surface area contributed by atoms with Crippen LogP contribution in [0, 0.1) is 0 Å². The van der Waals surface area contributed by atoms with Crippen molar-refractivity contribution in [2.75, 3.05) is 0 Å². The summed E-state index contributed by atoms with van der Waals surface area (Å²) in [7, 11) is 0. The fraction of sp³-hybridized carbons (Fsp3) is 0.0526. The van der Waals surface area contributed by atoms with Gasteiger partial charge < -0.3 is 5.11 Å². The molecule has 0 heterocycles. The summed E-state index contributed by atoms with van der Waals surface area (Å²) in [5.41, 5.74) is 5.36. The van der Waals surface area contributed by atoms with Gasteiger partial charge in [-0.05, 0) is 46.9 Å². The van der Waals surface area contributed by atoms with Crippen LogP contribution in [0.1, 0.15) is 11.1 Å². The Hall–Kier alpha value is -2.54. The molecule has 0 saturated heterocycles. The van der Waals surface area contributed by atoms with Crippen LogP contribution in [0.2, 0.25) is 0 Å². The molecule has 98 valence electrons. The zero-order chi connectivity index (χ0) is 13.8. The predicted octanol–water partition coefficient (Wildman–Crippen LogP) is 4.65. The highest BCUT2D eigenvalue weighted by atomic mass is 16.3. The van der Waals surface area contributed by atoms with Gasteiger partial charge in [0.2, 0.25) is 0 Å². The van der Waals surface area contributed by atoms with Crippen LogP contribution < -0.4 is 0 Å². The Kier molecular flexibility index (Phi) is 3.51. The van der Waals surface area contributed by atoms with Gasteiger partial charge in [-0.25, -0.2) is 0 Å². The van der Waals surface area contributed by atoms with Crippen LogP contribution in [0.15, 0.2) is 78.9 Å². The van der Waals surface area contributed by atoms with Crippen molar-refractivity contribution in [3.63, 3.8) is 0 Å². The van der Waals surface area contributed by atoms with Crippen LogP contribution in [0.25, 0.3) is 11.1 Å². The van der Waals surface area contributed by atoms with Crippen molar-refractivity contribution in [1.82, 2.24) is 0 Å². The second kappa shape index (κ2) is 5.62. The zero-order valence-corrected chi connectivity index (χ0v) is 11.2. The lowest BCUT2D eigenvalue weighted by atomic mass is 10.1. The second-order valence-electron chi connectivity index (χ2n) is 4.91. The van der Waals surface area contributed by atoms with E-state index in [0.717, 1.165) is 6.42 Å². The fourth-order valence-corrected chi connectivity index (χ4v) is 2.12. The number of phenolic OH excluding ortho intramolecular Hbond substituents is 1. The third kappa shape index (κ3) is 3.27. The van der Waals surface area contributed by atoms with E-state index in [-0.39, 0.29) is 0 Å². The quantitative estimate of drug-likeness (QED) is 0.556. The van der Waals surface area contributed by atoms with Crippen molar-refractivity contribution >= 4 is 0 Å². The molecule has 1 N–H and O–H groups in total. The molecular formula is C19H16O. The Morgan fingerprint density at radius 3 is 1.70 bits per heavy atom. The molecule has 4 rings (SSSR count). The van der Waals surface area contributed by atoms with Crippen molar-refractivity contribution < 1.29 is 5.11 Å². The van der Waals surface area contributed by atoms with Gasteiger partial charge >= 0.3 is 0 Å². The number of hydrogen-bond acceptors (Lipinski definition) is 1. The fourth-order valence-electron chi connectivity index (χ4n) is 2.12. The highest BCUT2D eigenvalue weighted by Gasteiger charge is 2.06. The maximum atomic E-state index is 9.12. The molecular weight excluding hydrogens is 244 g/mol. The molecule has 0 saturated carbocycles. The average Bonchev–Trinajstić information content (AvgIpc) is 3.09. The van der Waals surface area contributed by atoms with Crippen LogP contribution in [0.5, 0.6) is 5.75 Å². The van der Waals surface area contributed by atoms with E-state index >= 15 is 0 Å². The summed E-state index contributed by atoms with van der Waals surface area (Å²) < 4.78 is 0. The maximum absolute atomic E-state index is 9.12. The van der Waals surface area contributed by atoms with Gasteiger partial charge in [0.15, 0.2) is 0 Å². The summed E-state index contributed by atoms with van der Waals surface area (Å²) in [4.78, 5) is 0. The first-order chi connectivity index (χ1) is 9.81. The Labute approximate surface area is 119 Å². The zero-order valence-electron chi connectivity index (χ0n) is 11.2. The van der Waals surface area contributed by atoms with Gasteiger partial charge in [-0.1, -0.05) is 60.7 Å². The molecule has 0 radical (unpaired) electrons. The van der Waals surface area contributed by atoms with Gasteiger partial charge in [0.05, 0.1) is 0 Å². The van der Waals surface area contributed by atoms with Crippen molar-refractivity contribution in [2.24, 2.45) is 0 Å². The smallest absolute Gasteiger partial charge is 0.115 e. The first-order valence-electron chi connectivity index (χ1n) is 6.73. The van der Waals surface area contributed by atoms with Crippen LogP contribution in [-0.4, -0.2) is 5.11 Å². The topological polar surface area (TPSA) is 20.2 Å². The molecule has 1 heteroatoms. The number of benzene rings is 3. The molecule has 0 spiro atoms. The molecule has 2 aliphatic rings. The molecule has 20 heavy (non-hydrogen) atoms. The minimum Gasteiger partial charge on any atom is -0.508 e. The standard InChI is InChI=1S/C13H12O.C6H4/c14-13-8-6-12(7-9-13)10-11-4-2-1-3-5-11;1-2-5-4-6(5)3-1/h1-9,14H,10H2;1-4H. The number of fused-ring (bicyclic) bond motifs is 1. The molecule has 0 unspecified atom stereocenters. The van der Waals surface area contributed by atoms with Gasteiger partial charge in [-0.2, -0.15) is 0 Å². The van der Waals surface area contributed by atoms with Crippen LogP contribution >= 0.6 is 0 Å². The minimum atomic E-state index is 0.321. The maximum Gasteiger partial charge on any atom is 0.115 e. The number of phenols is 1. The van der Waals surface area contributed by atoms with Gasteiger partial charge in [0, 0.05) is 0 Å². The lowest BCUT2D eigenvalue weighted by molar-refractivity contribution is 0.475. The van der Waals surface area contributed by atoms with Crippen LogP contribution in [-0.2, 0) is 6.42 Å². The summed E-state index contributed by atoms with van der Waals surface area (Å²) >= 11 is 0. The first-order valence-corrected chi connectivity index (χ1v) is 6.73. The summed E-state index contributed by atoms with van der Waals surface area (Å²) in [6.45, 7) is 0. The van der Waals surface area contributed by atoms with E-state index < -0.39 is 0 Å². The van der Waals surface area contributed by atoms with E-state index in [0.29, 0.717) is 5.75 Å². The predicted molar refractivity (Wildman–Crippen MR) is 82.8 cm³/mol. The largest absolute Gasteiger partial charge is 0.508 e. The minimum absolute atomic E-state index is 0.321. The van der Waals surface area contributed by atoms with E-state index in [1.807, 2.05) is 30.3 Å². The van der Waals surface area contributed by atoms with Gasteiger partial charge in [-0.15, -0.1) is 0 Å².